The van der Waals surface area contributed by atoms with Gasteiger partial charge < -0.3 is 23.3 Å². The number of methoxy groups -OCH3 is 1. The number of nitrogens with zero attached hydrogens (tertiary/aromatic N) is 6. The van der Waals surface area contributed by atoms with Crippen molar-refractivity contribution in [2.45, 2.75) is 143 Å². The maximum absolute atomic E-state index is 6.24. The molecule has 0 unspecified atom stereocenters. The molecule has 0 bridgehead atoms. The van der Waals surface area contributed by atoms with E-state index in [1.54, 1.807) is 36.0 Å². The molecule has 5 rings (SSSR count). The SMILES string of the molecule is CC(C)(C)[Si](C)(C)OCc1cccc(Br)n1.CC(C)(C)[Si](C)(C)OCc1cccc(Nc2nccs2)n1.COCn1ccsc1=Nc1cccc(CO[Si](C)(C)C(C)(C)C)n1. The largest absolute Gasteiger partial charge is 0.411 e. The van der Waals surface area contributed by atoms with Crippen LogP contribution in [0.25, 0.3) is 0 Å². The van der Waals surface area contributed by atoms with Gasteiger partial charge in [0.15, 0.2) is 40.7 Å². The van der Waals surface area contributed by atoms with Crippen LogP contribution in [0.15, 0.2) is 87.3 Å². The Morgan fingerprint density at radius 1 is 0.656 bits per heavy atom. The highest BCUT2D eigenvalue weighted by atomic mass is 79.9. The molecule has 5 aromatic rings. The summed E-state index contributed by atoms with van der Waals surface area (Å²) in [6, 6.07) is 17.7. The van der Waals surface area contributed by atoms with Crippen LogP contribution in [0, 0.1) is 0 Å². The number of hydrogen-bond acceptors (Lipinski definition) is 12. The maximum Gasteiger partial charge on any atom is 0.193 e. The smallest absolute Gasteiger partial charge is 0.193 e. The average molecular weight is 989 g/mol. The third-order valence-corrected chi connectivity index (χ3v) is 26.7. The zero-order chi connectivity index (χ0) is 45.7. The van der Waals surface area contributed by atoms with Crippen molar-refractivity contribution in [1.29, 1.82) is 0 Å². The number of anilines is 2. The van der Waals surface area contributed by atoms with Crippen LogP contribution in [-0.2, 0) is 44.6 Å². The first-order valence-electron chi connectivity index (χ1n) is 20.5. The summed E-state index contributed by atoms with van der Waals surface area (Å²) in [5.41, 5.74) is 2.84. The third kappa shape index (κ3) is 17.4. The molecule has 0 saturated heterocycles. The molecule has 11 nitrogen and oxygen atoms in total. The normalized spacial score (nSPS) is 13.0. The van der Waals surface area contributed by atoms with Gasteiger partial charge in [0.25, 0.3) is 0 Å². The molecule has 0 atom stereocenters. The highest BCUT2D eigenvalue weighted by Gasteiger charge is 2.38. The van der Waals surface area contributed by atoms with Crippen LogP contribution >= 0.6 is 38.6 Å². The molecular weight excluding hydrogens is 919 g/mol. The Bertz CT molecular complexity index is 2140. The number of halogens is 1. The van der Waals surface area contributed by atoms with E-state index in [9.17, 15) is 0 Å². The lowest BCUT2D eigenvalue weighted by atomic mass is 10.2. The van der Waals surface area contributed by atoms with Crippen LogP contribution in [0.5, 0.6) is 0 Å². The Hall–Kier alpha value is -2.72. The van der Waals surface area contributed by atoms with Crippen LogP contribution in [0.2, 0.25) is 54.4 Å². The molecule has 5 aromatic heterocycles. The Labute approximate surface area is 385 Å². The van der Waals surface area contributed by atoms with Crippen molar-refractivity contribution in [3.05, 3.63) is 104 Å². The van der Waals surface area contributed by atoms with Crippen LogP contribution in [0.4, 0.5) is 16.8 Å². The molecule has 336 valence electrons. The molecule has 5 heterocycles. The lowest BCUT2D eigenvalue weighted by molar-refractivity contribution is 0.129. The maximum atomic E-state index is 6.24. The molecular formula is C44H70BrN7O4S2Si3. The number of pyridine rings is 3. The van der Waals surface area contributed by atoms with Crippen LogP contribution in [-0.4, -0.2) is 56.6 Å². The molecule has 61 heavy (non-hydrogen) atoms. The van der Waals surface area contributed by atoms with Crippen molar-refractivity contribution >= 4 is 80.3 Å². The van der Waals surface area contributed by atoms with E-state index in [-0.39, 0.29) is 15.1 Å². The van der Waals surface area contributed by atoms with Crippen molar-refractivity contribution in [1.82, 2.24) is 24.5 Å². The van der Waals surface area contributed by atoms with Crippen LogP contribution in [0.1, 0.15) is 79.4 Å². The van der Waals surface area contributed by atoms with Gasteiger partial charge in [0, 0.05) is 30.3 Å². The molecule has 0 aliphatic carbocycles. The first-order chi connectivity index (χ1) is 28.2. The van der Waals surface area contributed by atoms with Crippen molar-refractivity contribution in [2.75, 3.05) is 12.4 Å². The van der Waals surface area contributed by atoms with Gasteiger partial charge in [-0.05, 0) is 107 Å². The van der Waals surface area contributed by atoms with Crippen LogP contribution < -0.4 is 10.1 Å². The predicted molar refractivity (Wildman–Crippen MR) is 266 cm³/mol. The zero-order valence-electron chi connectivity index (χ0n) is 39.3. The fourth-order valence-electron chi connectivity index (χ4n) is 4.30. The van der Waals surface area contributed by atoms with Gasteiger partial charge in [-0.1, -0.05) is 80.5 Å². The summed E-state index contributed by atoms with van der Waals surface area (Å²) < 4.78 is 26.5. The molecule has 0 fully saturated rings. The number of nitrogens with one attached hydrogen (secondary N) is 1. The van der Waals surface area contributed by atoms with E-state index < -0.39 is 25.0 Å². The number of hydrogen-bond donors (Lipinski definition) is 1. The van der Waals surface area contributed by atoms with Gasteiger partial charge in [-0.2, -0.15) is 0 Å². The topological polar surface area (TPSA) is 118 Å². The minimum Gasteiger partial charge on any atom is -0.411 e. The predicted octanol–water partition coefficient (Wildman–Crippen LogP) is 13.5. The van der Waals surface area contributed by atoms with Gasteiger partial charge in [-0.15, -0.1) is 22.7 Å². The van der Waals surface area contributed by atoms with Gasteiger partial charge in [0.1, 0.15) is 17.2 Å². The number of aromatic nitrogens is 5. The summed E-state index contributed by atoms with van der Waals surface area (Å²) in [5, 5.41) is 8.63. The summed E-state index contributed by atoms with van der Waals surface area (Å²) in [4.78, 5) is 23.3. The fraction of sp³-hybridized carbons (Fsp3) is 0.523. The van der Waals surface area contributed by atoms with E-state index in [1.807, 2.05) is 76.1 Å². The quantitative estimate of drug-likeness (QED) is 0.0857. The second-order valence-electron chi connectivity index (χ2n) is 19.2. The van der Waals surface area contributed by atoms with Crippen molar-refractivity contribution in [3.63, 3.8) is 0 Å². The lowest BCUT2D eigenvalue weighted by Crippen LogP contribution is -2.40. The monoisotopic (exact) mass is 987 g/mol. The first-order valence-corrected chi connectivity index (χ1v) is 31.8. The van der Waals surface area contributed by atoms with E-state index in [1.165, 1.54) is 0 Å². The molecule has 0 aromatic carbocycles. The first kappa shape index (κ1) is 52.6. The standard InChI is InChI=1S/C17H27N3O2SSi.C15H23N3OSSi.C12H20BrNOSi/c1-17(2,3)24(5,6)22-12-14-8-7-9-15(18-14)19-16-20(13-21-4)10-11-23-16;1-15(2,3)21(4,5)19-11-12-7-6-8-13(17-12)18-14-16-9-10-20-14;1-12(2,3)16(4,5)15-9-10-7-6-8-11(13)14-10/h7-11H,12-13H2,1-6H3;6-10H,11H2,1-5H3,(H,16,17,18);6-8H,9H2,1-5H3. The Morgan fingerprint density at radius 3 is 1.62 bits per heavy atom. The second-order valence-corrected chi connectivity index (χ2v) is 36.3. The van der Waals surface area contributed by atoms with Gasteiger partial charge >= 0.3 is 0 Å². The summed E-state index contributed by atoms with van der Waals surface area (Å²) in [6.07, 6.45) is 3.73. The van der Waals surface area contributed by atoms with E-state index in [0.717, 1.165) is 37.4 Å². The zero-order valence-corrected chi connectivity index (χ0v) is 45.6. The molecule has 0 aliphatic rings. The van der Waals surface area contributed by atoms with Gasteiger partial charge in [0.05, 0.1) is 36.9 Å². The Morgan fingerprint density at radius 2 is 1.15 bits per heavy atom. The van der Waals surface area contributed by atoms with Crippen LogP contribution in [0.3, 0.4) is 0 Å². The van der Waals surface area contributed by atoms with Crippen molar-refractivity contribution in [3.8, 4) is 0 Å². The molecule has 17 heteroatoms. The number of rotatable bonds is 14. The highest BCUT2D eigenvalue weighted by Crippen LogP contribution is 2.39. The summed E-state index contributed by atoms with van der Waals surface area (Å²) in [5.74, 6) is 1.50. The minimum atomic E-state index is -1.78. The fourth-order valence-corrected chi connectivity index (χ4v) is 8.77. The minimum absolute atomic E-state index is 0.192. The van der Waals surface area contributed by atoms with Gasteiger partial charge in [-0.25, -0.2) is 24.9 Å². The molecule has 0 saturated carbocycles. The van der Waals surface area contributed by atoms with E-state index in [2.05, 4.69) is 148 Å². The van der Waals surface area contributed by atoms with E-state index in [0.29, 0.717) is 32.4 Å². The van der Waals surface area contributed by atoms with Gasteiger partial charge in [0.2, 0.25) is 0 Å². The highest BCUT2D eigenvalue weighted by molar-refractivity contribution is 9.10. The molecule has 1 N–H and O–H groups in total. The summed E-state index contributed by atoms with van der Waals surface area (Å²) in [6.45, 7) is 35.9. The third-order valence-electron chi connectivity index (χ3n) is 11.3. The van der Waals surface area contributed by atoms with Gasteiger partial charge in [-0.3, -0.25) is 4.57 Å². The number of thiazole rings is 2. The lowest BCUT2D eigenvalue weighted by Gasteiger charge is -2.36. The Kier molecular flexibility index (Phi) is 19.6. The summed E-state index contributed by atoms with van der Waals surface area (Å²) in [7, 11) is -3.50. The van der Waals surface area contributed by atoms with E-state index >= 15 is 0 Å². The van der Waals surface area contributed by atoms with Crippen molar-refractivity contribution in [2.24, 2.45) is 4.99 Å². The molecule has 0 amide bonds. The summed E-state index contributed by atoms with van der Waals surface area (Å²) >= 11 is 6.49. The van der Waals surface area contributed by atoms with Crippen molar-refractivity contribution < 1.29 is 18.0 Å². The average Bonchev–Trinajstić information content (AvgIpc) is 3.84. The molecule has 0 aliphatic heterocycles. The molecule has 0 radical (unpaired) electrons. The number of ether oxygens (including phenoxy) is 1. The van der Waals surface area contributed by atoms with E-state index in [4.69, 9.17) is 18.0 Å². The Balaban J connectivity index is 0.000000249. The molecule has 0 spiro atoms. The second kappa shape index (κ2) is 22.8.